The van der Waals surface area contributed by atoms with Crippen molar-refractivity contribution in [2.75, 3.05) is 18.0 Å². The Labute approximate surface area is 169 Å². The van der Waals surface area contributed by atoms with Gasteiger partial charge in [0.15, 0.2) is 23.4 Å². The molecule has 1 unspecified atom stereocenters. The van der Waals surface area contributed by atoms with Crippen molar-refractivity contribution in [1.29, 1.82) is 0 Å². The summed E-state index contributed by atoms with van der Waals surface area (Å²) in [6, 6.07) is 5.10. The third-order valence-electron chi connectivity index (χ3n) is 5.05. The van der Waals surface area contributed by atoms with E-state index < -0.39 is 17.7 Å². The lowest BCUT2D eigenvalue weighted by Gasteiger charge is -2.22. The maximum absolute atomic E-state index is 14.4. The molecule has 1 saturated heterocycles. The standard InChI is InChI=1S/C19H18F2N8O/c1-11(17-22-10-23-25-17)30-19-15(28-6-2-3-7-28)9-16-24-26-18(29(16)27-19)13-5-4-12(20)8-14(13)21/h4-5,8-11H,2-3,6-7H2,1H3,(H,22,23,25). The Kier molecular flexibility index (Phi) is 4.49. The molecule has 154 valence electrons. The number of ether oxygens (including phenoxy) is 1. The van der Waals surface area contributed by atoms with Gasteiger partial charge in [0, 0.05) is 25.2 Å². The van der Waals surface area contributed by atoms with Crippen LogP contribution < -0.4 is 9.64 Å². The molecule has 4 heterocycles. The van der Waals surface area contributed by atoms with Crippen LogP contribution in [-0.2, 0) is 0 Å². The Morgan fingerprint density at radius 1 is 1.13 bits per heavy atom. The monoisotopic (exact) mass is 412 g/mol. The van der Waals surface area contributed by atoms with Crippen LogP contribution in [0, 0.1) is 11.6 Å². The van der Waals surface area contributed by atoms with Crippen molar-refractivity contribution < 1.29 is 13.5 Å². The molecule has 0 amide bonds. The van der Waals surface area contributed by atoms with Crippen LogP contribution in [0.5, 0.6) is 5.88 Å². The first kappa shape index (κ1) is 18.4. The Bertz CT molecular complexity index is 1190. The van der Waals surface area contributed by atoms with Gasteiger partial charge < -0.3 is 9.64 Å². The first-order valence-electron chi connectivity index (χ1n) is 9.59. The lowest BCUT2D eigenvalue weighted by atomic mass is 10.2. The molecule has 1 N–H and O–H groups in total. The molecule has 0 bridgehead atoms. The van der Waals surface area contributed by atoms with E-state index in [4.69, 9.17) is 4.74 Å². The van der Waals surface area contributed by atoms with Crippen molar-refractivity contribution in [2.45, 2.75) is 25.9 Å². The molecule has 1 fully saturated rings. The van der Waals surface area contributed by atoms with Gasteiger partial charge in [0.05, 0.1) is 5.56 Å². The highest BCUT2D eigenvalue weighted by Gasteiger charge is 2.24. The Hall–Kier alpha value is -3.63. The fourth-order valence-corrected chi connectivity index (χ4v) is 3.55. The number of aromatic amines is 1. The summed E-state index contributed by atoms with van der Waals surface area (Å²) >= 11 is 0. The van der Waals surface area contributed by atoms with Crippen LogP contribution in [0.4, 0.5) is 14.5 Å². The topological polar surface area (TPSA) is 97.1 Å². The van der Waals surface area contributed by atoms with E-state index in [1.54, 1.807) is 0 Å². The summed E-state index contributed by atoms with van der Waals surface area (Å²) in [5.41, 5.74) is 1.31. The van der Waals surface area contributed by atoms with Gasteiger partial charge in [0.2, 0.25) is 0 Å². The molecule has 0 saturated carbocycles. The molecule has 0 aliphatic carbocycles. The largest absolute Gasteiger partial charge is 0.464 e. The van der Waals surface area contributed by atoms with Crippen LogP contribution >= 0.6 is 0 Å². The number of nitrogens with one attached hydrogen (secondary N) is 1. The van der Waals surface area contributed by atoms with E-state index in [9.17, 15) is 8.78 Å². The maximum Gasteiger partial charge on any atom is 0.256 e. The molecule has 1 aliphatic rings. The number of halogens is 2. The van der Waals surface area contributed by atoms with E-state index in [0.717, 1.165) is 37.7 Å². The molecule has 1 aromatic carbocycles. The normalized spacial score (nSPS) is 15.1. The fourth-order valence-electron chi connectivity index (χ4n) is 3.55. The minimum atomic E-state index is -0.744. The van der Waals surface area contributed by atoms with Gasteiger partial charge in [-0.1, -0.05) is 0 Å². The molecule has 0 radical (unpaired) electrons. The molecule has 1 atom stereocenters. The molecule has 1 aliphatic heterocycles. The maximum atomic E-state index is 14.4. The van der Waals surface area contributed by atoms with Gasteiger partial charge in [-0.2, -0.15) is 9.61 Å². The van der Waals surface area contributed by atoms with Gasteiger partial charge in [0.25, 0.3) is 5.88 Å². The lowest BCUT2D eigenvalue weighted by Crippen LogP contribution is -2.20. The average molecular weight is 412 g/mol. The third-order valence-corrected chi connectivity index (χ3v) is 5.05. The Balaban J connectivity index is 1.62. The first-order valence-corrected chi connectivity index (χ1v) is 9.59. The van der Waals surface area contributed by atoms with Crippen LogP contribution in [0.1, 0.15) is 31.7 Å². The third kappa shape index (κ3) is 3.21. The minimum absolute atomic E-state index is 0.0956. The molecular weight excluding hydrogens is 394 g/mol. The number of fused-ring (bicyclic) bond motifs is 1. The number of anilines is 1. The molecule has 5 rings (SSSR count). The van der Waals surface area contributed by atoms with Crippen LogP contribution in [0.3, 0.4) is 0 Å². The number of benzene rings is 1. The van der Waals surface area contributed by atoms with Crippen molar-refractivity contribution >= 4 is 11.3 Å². The summed E-state index contributed by atoms with van der Waals surface area (Å²) in [5, 5.41) is 19.5. The van der Waals surface area contributed by atoms with Crippen LogP contribution in [0.25, 0.3) is 17.0 Å². The molecule has 4 aromatic rings. The summed E-state index contributed by atoms with van der Waals surface area (Å²) in [6.07, 6.45) is 3.15. The molecule has 0 spiro atoms. The predicted octanol–water partition coefficient (Wildman–Crippen LogP) is 2.93. The van der Waals surface area contributed by atoms with Crippen molar-refractivity contribution in [1.82, 2.24) is 35.0 Å². The number of rotatable bonds is 5. The summed E-state index contributed by atoms with van der Waals surface area (Å²) in [6.45, 7) is 3.56. The second-order valence-electron chi connectivity index (χ2n) is 7.06. The van der Waals surface area contributed by atoms with Gasteiger partial charge >= 0.3 is 0 Å². The second kappa shape index (κ2) is 7.32. The zero-order valence-corrected chi connectivity index (χ0v) is 16.1. The number of hydrogen-bond donors (Lipinski definition) is 1. The number of hydrogen-bond acceptors (Lipinski definition) is 7. The zero-order chi connectivity index (χ0) is 20.7. The zero-order valence-electron chi connectivity index (χ0n) is 16.1. The predicted molar refractivity (Wildman–Crippen MR) is 103 cm³/mol. The van der Waals surface area contributed by atoms with Crippen LogP contribution in [0.15, 0.2) is 30.6 Å². The van der Waals surface area contributed by atoms with E-state index in [2.05, 4.69) is 35.4 Å². The highest BCUT2D eigenvalue weighted by Crippen LogP contribution is 2.33. The summed E-state index contributed by atoms with van der Waals surface area (Å²) in [5.74, 6) is -0.432. The quantitative estimate of drug-likeness (QED) is 0.538. The fraction of sp³-hybridized carbons (Fsp3) is 0.316. The summed E-state index contributed by atoms with van der Waals surface area (Å²) in [4.78, 5) is 6.29. The van der Waals surface area contributed by atoms with Crippen molar-refractivity contribution in [3.05, 3.63) is 48.1 Å². The highest BCUT2D eigenvalue weighted by molar-refractivity contribution is 5.66. The van der Waals surface area contributed by atoms with Gasteiger partial charge in [-0.3, -0.25) is 5.10 Å². The Morgan fingerprint density at radius 2 is 1.97 bits per heavy atom. The van der Waals surface area contributed by atoms with Crippen LogP contribution in [-0.4, -0.2) is 48.1 Å². The summed E-state index contributed by atoms with van der Waals surface area (Å²) < 4.78 is 35.2. The molecule has 30 heavy (non-hydrogen) atoms. The number of nitrogens with zero attached hydrogens (tertiary/aromatic N) is 7. The number of aromatic nitrogens is 7. The SMILES string of the molecule is CC(Oc1nn2c(-c3ccc(F)cc3F)nnc2cc1N1CCCC1)c1nc[nH]n1. The Morgan fingerprint density at radius 3 is 2.70 bits per heavy atom. The molecule has 3 aromatic heterocycles. The molecule has 11 heteroatoms. The van der Waals surface area contributed by atoms with Crippen molar-refractivity contribution in [2.24, 2.45) is 0 Å². The van der Waals surface area contributed by atoms with Crippen molar-refractivity contribution in [3.8, 4) is 17.3 Å². The molecule has 9 nitrogen and oxygen atoms in total. The lowest BCUT2D eigenvalue weighted by molar-refractivity contribution is 0.205. The molecular formula is C19H18F2N8O. The van der Waals surface area contributed by atoms with E-state index in [-0.39, 0.29) is 11.4 Å². The minimum Gasteiger partial charge on any atom is -0.464 e. The number of H-pyrrole nitrogens is 1. The van der Waals surface area contributed by atoms with Gasteiger partial charge in [-0.05, 0) is 31.9 Å². The second-order valence-corrected chi connectivity index (χ2v) is 7.06. The van der Waals surface area contributed by atoms with Crippen LogP contribution in [0.2, 0.25) is 0 Å². The van der Waals surface area contributed by atoms with Gasteiger partial charge in [-0.25, -0.2) is 13.8 Å². The van der Waals surface area contributed by atoms with E-state index in [1.165, 1.54) is 23.0 Å². The van der Waals surface area contributed by atoms with Crippen molar-refractivity contribution in [3.63, 3.8) is 0 Å². The highest BCUT2D eigenvalue weighted by atomic mass is 19.1. The van der Waals surface area contributed by atoms with Gasteiger partial charge in [0.1, 0.15) is 23.6 Å². The van der Waals surface area contributed by atoms with E-state index >= 15 is 0 Å². The average Bonchev–Trinajstić information content (AvgIpc) is 3.49. The first-order chi connectivity index (χ1) is 14.6. The smallest absolute Gasteiger partial charge is 0.256 e. The van der Waals surface area contributed by atoms with E-state index in [1.807, 2.05) is 13.0 Å². The van der Waals surface area contributed by atoms with Gasteiger partial charge in [-0.15, -0.1) is 15.3 Å². The summed E-state index contributed by atoms with van der Waals surface area (Å²) in [7, 11) is 0. The van der Waals surface area contributed by atoms with E-state index in [0.29, 0.717) is 17.4 Å².